The number of nitrogens with one attached hydrogen (secondary N) is 1. The normalized spacial score (nSPS) is 22.5. The maximum atomic E-state index is 11.2. The first-order chi connectivity index (χ1) is 10.1. The number of nitro groups is 1. The molecule has 1 aliphatic heterocycles. The summed E-state index contributed by atoms with van der Waals surface area (Å²) in [7, 11) is 0. The molecule has 6 heteroatoms. The molecule has 0 radical (unpaired) electrons. The predicted octanol–water partition coefficient (Wildman–Crippen LogP) is 2.33. The van der Waals surface area contributed by atoms with Crippen molar-refractivity contribution in [3.63, 3.8) is 0 Å². The number of piperazine rings is 1. The lowest BCUT2D eigenvalue weighted by Crippen LogP contribution is -2.54. The molecule has 0 saturated carbocycles. The van der Waals surface area contributed by atoms with Gasteiger partial charge in [0.1, 0.15) is 5.52 Å². The zero-order valence-electron chi connectivity index (χ0n) is 12.1. The molecule has 110 valence electrons. The third kappa shape index (κ3) is 2.42. The summed E-state index contributed by atoms with van der Waals surface area (Å²) in [5.74, 6) is 0. The quantitative estimate of drug-likeness (QED) is 0.677. The van der Waals surface area contributed by atoms with Gasteiger partial charge in [-0.25, -0.2) is 0 Å². The van der Waals surface area contributed by atoms with Gasteiger partial charge in [0.05, 0.1) is 16.0 Å². The van der Waals surface area contributed by atoms with Gasteiger partial charge in [-0.05, 0) is 32.0 Å². The van der Waals surface area contributed by atoms with Gasteiger partial charge >= 0.3 is 0 Å². The molecule has 1 aromatic heterocycles. The van der Waals surface area contributed by atoms with E-state index in [1.807, 2.05) is 6.07 Å². The molecule has 0 amide bonds. The van der Waals surface area contributed by atoms with E-state index in [1.54, 1.807) is 24.4 Å². The summed E-state index contributed by atoms with van der Waals surface area (Å²) in [6, 6.07) is 7.62. The third-order valence-corrected chi connectivity index (χ3v) is 4.00. The Morgan fingerprint density at radius 2 is 2.19 bits per heavy atom. The molecule has 3 rings (SSSR count). The van der Waals surface area contributed by atoms with Gasteiger partial charge in [0.2, 0.25) is 0 Å². The van der Waals surface area contributed by atoms with Crippen molar-refractivity contribution in [3.8, 4) is 0 Å². The van der Waals surface area contributed by atoms with Crippen LogP contribution in [0.5, 0.6) is 0 Å². The van der Waals surface area contributed by atoms with Gasteiger partial charge in [0, 0.05) is 37.4 Å². The van der Waals surface area contributed by atoms with Crippen molar-refractivity contribution >= 4 is 22.3 Å². The number of hydrogen-bond acceptors (Lipinski definition) is 5. The molecule has 0 unspecified atom stereocenters. The molecule has 1 saturated heterocycles. The van der Waals surface area contributed by atoms with Crippen LogP contribution in [0.3, 0.4) is 0 Å². The number of aromatic nitrogens is 1. The van der Waals surface area contributed by atoms with Crippen LogP contribution >= 0.6 is 0 Å². The van der Waals surface area contributed by atoms with Crippen molar-refractivity contribution < 1.29 is 4.92 Å². The number of nitro benzene ring substituents is 1. The van der Waals surface area contributed by atoms with E-state index in [-0.39, 0.29) is 10.6 Å². The smallest absolute Gasteiger partial charge is 0.278 e. The van der Waals surface area contributed by atoms with Crippen LogP contribution in [0.25, 0.3) is 10.9 Å². The summed E-state index contributed by atoms with van der Waals surface area (Å²) < 4.78 is 0. The van der Waals surface area contributed by atoms with E-state index in [0.717, 1.165) is 18.8 Å². The van der Waals surface area contributed by atoms with Crippen molar-refractivity contribution in [1.29, 1.82) is 0 Å². The van der Waals surface area contributed by atoms with E-state index in [0.29, 0.717) is 23.0 Å². The summed E-state index contributed by atoms with van der Waals surface area (Å²) in [5.41, 5.74) is 1.78. The van der Waals surface area contributed by atoms with Crippen molar-refractivity contribution in [2.45, 2.75) is 25.9 Å². The van der Waals surface area contributed by atoms with E-state index in [4.69, 9.17) is 0 Å². The predicted molar refractivity (Wildman–Crippen MR) is 82.7 cm³/mol. The summed E-state index contributed by atoms with van der Waals surface area (Å²) in [5, 5.41) is 15.2. The monoisotopic (exact) mass is 286 g/mol. The molecular formula is C15H18N4O2. The molecule has 6 nitrogen and oxygen atoms in total. The van der Waals surface area contributed by atoms with Gasteiger partial charge < -0.3 is 10.2 Å². The Morgan fingerprint density at radius 3 is 2.95 bits per heavy atom. The van der Waals surface area contributed by atoms with Crippen molar-refractivity contribution in [2.24, 2.45) is 0 Å². The maximum Gasteiger partial charge on any atom is 0.278 e. The molecule has 0 spiro atoms. The standard InChI is InChI=1S/C15H18N4O2/c1-10-9-18(11(2)8-17-10)14-6-5-13(19(20)21)12-4-3-7-16-15(12)14/h3-7,10-11,17H,8-9H2,1-2H3/t10-,11+/m1/s1. The Labute approximate surface area is 122 Å². The van der Waals surface area contributed by atoms with E-state index < -0.39 is 0 Å². The first-order valence-electron chi connectivity index (χ1n) is 7.10. The molecule has 0 bridgehead atoms. The average Bonchev–Trinajstić information content (AvgIpc) is 2.48. The van der Waals surface area contributed by atoms with E-state index in [2.05, 4.69) is 29.0 Å². The van der Waals surface area contributed by atoms with Crippen LogP contribution in [-0.4, -0.2) is 35.1 Å². The molecule has 1 N–H and O–H groups in total. The molecule has 1 aliphatic rings. The Hall–Kier alpha value is -2.21. The lowest BCUT2D eigenvalue weighted by atomic mass is 10.1. The van der Waals surface area contributed by atoms with E-state index in [9.17, 15) is 10.1 Å². The summed E-state index contributed by atoms with van der Waals surface area (Å²) in [6.45, 7) is 6.05. The highest BCUT2D eigenvalue weighted by Crippen LogP contribution is 2.33. The van der Waals surface area contributed by atoms with Crippen LogP contribution in [0.2, 0.25) is 0 Å². The number of rotatable bonds is 2. The third-order valence-electron chi connectivity index (χ3n) is 4.00. The van der Waals surface area contributed by atoms with Gasteiger partial charge in [-0.1, -0.05) is 0 Å². The highest BCUT2D eigenvalue weighted by Gasteiger charge is 2.26. The number of benzene rings is 1. The number of hydrogen-bond donors (Lipinski definition) is 1. The number of nitrogens with zero attached hydrogens (tertiary/aromatic N) is 3. The number of pyridine rings is 1. The SMILES string of the molecule is C[C@@H]1CN(c2ccc([N+](=O)[O-])c3cccnc23)[C@@H](C)CN1. The zero-order chi connectivity index (χ0) is 15.0. The summed E-state index contributed by atoms with van der Waals surface area (Å²) in [4.78, 5) is 17.5. The Balaban J connectivity index is 2.15. The van der Waals surface area contributed by atoms with Crippen LogP contribution in [0.15, 0.2) is 30.5 Å². The second-order valence-electron chi connectivity index (χ2n) is 5.57. The first-order valence-corrected chi connectivity index (χ1v) is 7.10. The fraction of sp³-hybridized carbons (Fsp3) is 0.400. The molecule has 2 heterocycles. The summed E-state index contributed by atoms with van der Waals surface area (Å²) in [6.07, 6.45) is 1.69. The Bertz CT molecular complexity index is 688. The maximum absolute atomic E-state index is 11.2. The number of fused-ring (bicyclic) bond motifs is 1. The molecule has 2 atom stereocenters. The fourth-order valence-electron chi connectivity index (χ4n) is 2.89. The number of anilines is 1. The van der Waals surface area contributed by atoms with Gasteiger partial charge in [-0.3, -0.25) is 15.1 Å². The minimum absolute atomic E-state index is 0.109. The van der Waals surface area contributed by atoms with E-state index >= 15 is 0 Å². The minimum Gasteiger partial charge on any atom is -0.364 e. The molecule has 2 aromatic rings. The first kappa shape index (κ1) is 13.8. The second kappa shape index (κ2) is 5.29. The lowest BCUT2D eigenvalue weighted by molar-refractivity contribution is -0.383. The van der Waals surface area contributed by atoms with Crippen LogP contribution in [0.4, 0.5) is 11.4 Å². The summed E-state index contributed by atoms with van der Waals surface area (Å²) >= 11 is 0. The highest BCUT2D eigenvalue weighted by atomic mass is 16.6. The van der Waals surface area contributed by atoms with Crippen molar-refractivity contribution in [3.05, 3.63) is 40.6 Å². The van der Waals surface area contributed by atoms with Crippen molar-refractivity contribution in [2.75, 3.05) is 18.0 Å². The topological polar surface area (TPSA) is 71.3 Å². The number of non-ortho nitro benzene ring substituents is 1. The molecule has 1 aromatic carbocycles. The Kier molecular flexibility index (Phi) is 3.47. The van der Waals surface area contributed by atoms with Gasteiger partial charge in [-0.2, -0.15) is 0 Å². The molecule has 1 fully saturated rings. The largest absolute Gasteiger partial charge is 0.364 e. The van der Waals surface area contributed by atoms with Gasteiger partial charge in [0.25, 0.3) is 5.69 Å². The van der Waals surface area contributed by atoms with Crippen LogP contribution < -0.4 is 10.2 Å². The fourth-order valence-corrected chi connectivity index (χ4v) is 2.89. The highest BCUT2D eigenvalue weighted by molar-refractivity contribution is 5.97. The van der Waals surface area contributed by atoms with E-state index in [1.165, 1.54) is 0 Å². The molecule has 0 aliphatic carbocycles. The molecular weight excluding hydrogens is 268 g/mol. The van der Waals surface area contributed by atoms with Gasteiger partial charge in [-0.15, -0.1) is 0 Å². The van der Waals surface area contributed by atoms with Crippen molar-refractivity contribution in [1.82, 2.24) is 10.3 Å². The van der Waals surface area contributed by atoms with Crippen LogP contribution in [-0.2, 0) is 0 Å². The van der Waals surface area contributed by atoms with Crippen LogP contribution in [0.1, 0.15) is 13.8 Å². The molecule has 21 heavy (non-hydrogen) atoms. The lowest BCUT2D eigenvalue weighted by Gasteiger charge is -2.39. The van der Waals surface area contributed by atoms with Gasteiger partial charge in [0.15, 0.2) is 0 Å². The Morgan fingerprint density at radius 1 is 1.38 bits per heavy atom. The zero-order valence-corrected chi connectivity index (χ0v) is 12.1. The van der Waals surface area contributed by atoms with Crippen LogP contribution in [0, 0.1) is 10.1 Å². The average molecular weight is 286 g/mol. The second-order valence-corrected chi connectivity index (χ2v) is 5.57. The minimum atomic E-state index is -0.350.